The van der Waals surface area contributed by atoms with Gasteiger partial charge in [-0.3, -0.25) is 9.89 Å². The molecule has 0 aromatic rings. The summed E-state index contributed by atoms with van der Waals surface area (Å²) >= 11 is 0. The predicted molar refractivity (Wildman–Crippen MR) is 119 cm³/mol. The van der Waals surface area contributed by atoms with Gasteiger partial charge in [-0.1, -0.05) is 13.3 Å². The maximum atomic E-state index is 12.0. The fraction of sp³-hybridized carbons (Fsp3) is 0.909. The van der Waals surface area contributed by atoms with Crippen LogP contribution in [-0.4, -0.2) is 66.9 Å². The highest BCUT2D eigenvalue weighted by molar-refractivity contribution is 5.80. The van der Waals surface area contributed by atoms with Crippen molar-refractivity contribution in [3.05, 3.63) is 0 Å². The zero-order valence-electron chi connectivity index (χ0n) is 19.2. The van der Waals surface area contributed by atoms with Crippen LogP contribution in [-0.2, 0) is 4.74 Å². The number of nitrogens with one attached hydrogen (secondary N) is 3. The Bertz CT molecular complexity index is 524. The number of alkyl carbamates (subject to hydrolysis) is 1. The standard InChI is InChI=1S/C22H43N5O2/c1-6-23-20(24-16-19-10-8-9-15-27(19)7-2)25-17-11-13-18(14-12-17)26-21(28)29-22(3,4)5/h17-19H,6-16H2,1-5H3,(H,26,28)(H2,23,24,25). The zero-order chi connectivity index (χ0) is 21.3. The highest BCUT2D eigenvalue weighted by Crippen LogP contribution is 2.20. The Balaban J connectivity index is 1.79. The Morgan fingerprint density at radius 3 is 2.28 bits per heavy atom. The molecule has 0 bridgehead atoms. The minimum Gasteiger partial charge on any atom is -0.444 e. The van der Waals surface area contributed by atoms with Crippen LogP contribution in [0.5, 0.6) is 0 Å². The Morgan fingerprint density at radius 2 is 1.69 bits per heavy atom. The number of carbonyl (C=O) groups excluding carboxylic acids is 1. The molecule has 1 aliphatic heterocycles. The molecule has 0 aromatic carbocycles. The van der Waals surface area contributed by atoms with Crippen LogP contribution in [0, 0.1) is 0 Å². The summed E-state index contributed by atoms with van der Waals surface area (Å²) in [6, 6.07) is 1.17. The first-order valence-electron chi connectivity index (χ1n) is 11.6. The molecule has 1 saturated heterocycles. The van der Waals surface area contributed by atoms with Crippen molar-refractivity contribution in [2.75, 3.05) is 26.2 Å². The van der Waals surface area contributed by atoms with Crippen molar-refractivity contribution in [2.45, 2.75) is 103 Å². The number of carbonyl (C=O) groups is 1. The molecule has 2 rings (SSSR count). The normalized spacial score (nSPS) is 26.7. The first-order chi connectivity index (χ1) is 13.8. The number of piperidine rings is 1. The minimum absolute atomic E-state index is 0.197. The number of likely N-dealkylation sites (N-methyl/N-ethyl adjacent to an activating group) is 1. The number of guanidine groups is 1. The van der Waals surface area contributed by atoms with Gasteiger partial charge >= 0.3 is 6.09 Å². The number of likely N-dealkylation sites (tertiary alicyclic amines) is 1. The van der Waals surface area contributed by atoms with Gasteiger partial charge in [-0.05, 0) is 79.3 Å². The van der Waals surface area contributed by atoms with Crippen LogP contribution in [0.2, 0.25) is 0 Å². The fourth-order valence-electron chi connectivity index (χ4n) is 4.25. The molecule has 7 nitrogen and oxygen atoms in total. The molecule has 0 aromatic heterocycles. The molecular formula is C22H43N5O2. The van der Waals surface area contributed by atoms with E-state index in [9.17, 15) is 4.79 Å². The average molecular weight is 410 g/mol. The van der Waals surface area contributed by atoms with Crippen molar-refractivity contribution in [1.82, 2.24) is 20.9 Å². The van der Waals surface area contributed by atoms with E-state index in [2.05, 4.69) is 34.7 Å². The number of amides is 1. The first-order valence-corrected chi connectivity index (χ1v) is 11.6. The van der Waals surface area contributed by atoms with Crippen molar-refractivity contribution in [2.24, 2.45) is 4.99 Å². The summed E-state index contributed by atoms with van der Waals surface area (Å²) in [5.41, 5.74) is -0.453. The molecule has 1 amide bonds. The van der Waals surface area contributed by atoms with Crippen molar-refractivity contribution in [3.8, 4) is 0 Å². The van der Waals surface area contributed by atoms with Gasteiger partial charge in [-0.25, -0.2) is 4.79 Å². The molecule has 1 saturated carbocycles. The highest BCUT2D eigenvalue weighted by atomic mass is 16.6. The smallest absolute Gasteiger partial charge is 0.407 e. The number of ether oxygens (including phenoxy) is 1. The average Bonchev–Trinajstić information content (AvgIpc) is 2.66. The van der Waals surface area contributed by atoms with Crippen LogP contribution < -0.4 is 16.0 Å². The van der Waals surface area contributed by atoms with Crippen LogP contribution >= 0.6 is 0 Å². The third kappa shape index (κ3) is 8.81. The van der Waals surface area contributed by atoms with Crippen LogP contribution in [0.15, 0.2) is 4.99 Å². The Morgan fingerprint density at radius 1 is 1.03 bits per heavy atom. The van der Waals surface area contributed by atoms with Gasteiger partial charge in [0, 0.05) is 24.7 Å². The summed E-state index contributed by atoms with van der Waals surface area (Å²) in [5, 5.41) is 10.0. The van der Waals surface area contributed by atoms with E-state index < -0.39 is 5.60 Å². The predicted octanol–water partition coefficient (Wildman–Crippen LogP) is 3.25. The van der Waals surface area contributed by atoms with E-state index in [1.54, 1.807) is 0 Å². The van der Waals surface area contributed by atoms with Gasteiger partial charge in [-0.2, -0.15) is 0 Å². The molecule has 29 heavy (non-hydrogen) atoms. The van der Waals surface area contributed by atoms with Gasteiger partial charge in [0.25, 0.3) is 0 Å². The Kier molecular flexibility index (Phi) is 9.53. The van der Waals surface area contributed by atoms with Crippen molar-refractivity contribution in [3.63, 3.8) is 0 Å². The molecule has 0 spiro atoms. The second-order valence-corrected chi connectivity index (χ2v) is 9.34. The van der Waals surface area contributed by atoms with Crippen LogP contribution in [0.25, 0.3) is 0 Å². The van der Waals surface area contributed by atoms with Gasteiger partial charge in [0.1, 0.15) is 5.60 Å². The van der Waals surface area contributed by atoms with Gasteiger partial charge in [0.05, 0.1) is 6.54 Å². The lowest BCUT2D eigenvalue weighted by atomic mass is 9.91. The fourth-order valence-corrected chi connectivity index (χ4v) is 4.25. The molecule has 2 fully saturated rings. The zero-order valence-corrected chi connectivity index (χ0v) is 19.2. The molecule has 0 radical (unpaired) electrons. The Hall–Kier alpha value is -1.50. The quantitative estimate of drug-likeness (QED) is 0.464. The van der Waals surface area contributed by atoms with E-state index in [0.717, 1.165) is 51.3 Å². The van der Waals surface area contributed by atoms with Crippen molar-refractivity contribution in [1.29, 1.82) is 0 Å². The second kappa shape index (κ2) is 11.6. The summed E-state index contributed by atoms with van der Waals surface area (Å²) in [4.78, 5) is 19.4. The van der Waals surface area contributed by atoms with E-state index in [0.29, 0.717) is 12.1 Å². The number of aliphatic imine (C=N–C) groups is 1. The molecule has 2 aliphatic rings. The number of rotatable bonds is 6. The number of nitrogens with zero attached hydrogens (tertiary/aromatic N) is 2. The summed E-state index contributed by atoms with van der Waals surface area (Å²) < 4.78 is 5.37. The molecule has 168 valence electrons. The second-order valence-electron chi connectivity index (χ2n) is 9.34. The topological polar surface area (TPSA) is 78.0 Å². The molecule has 3 N–H and O–H groups in total. The lowest BCUT2D eigenvalue weighted by Gasteiger charge is -2.34. The highest BCUT2D eigenvalue weighted by Gasteiger charge is 2.25. The third-order valence-corrected chi connectivity index (χ3v) is 5.75. The van der Waals surface area contributed by atoms with Crippen LogP contribution in [0.4, 0.5) is 4.79 Å². The largest absolute Gasteiger partial charge is 0.444 e. The molecule has 7 heteroatoms. The maximum Gasteiger partial charge on any atom is 0.407 e. The molecule has 1 unspecified atom stereocenters. The molecule has 1 atom stereocenters. The number of hydrogen-bond donors (Lipinski definition) is 3. The maximum absolute atomic E-state index is 12.0. The summed E-state index contributed by atoms with van der Waals surface area (Å²) in [7, 11) is 0. The van der Waals surface area contributed by atoms with Gasteiger partial charge in [-0.15, -0.1) is 0 Å². The van der Waals surface area contributed by atoms with E-state index >= 15 is 0 Å². The molecule has 1 heterocycles. The van der Waals surface area contributed by atoms with Gasteiger partial charge < -0.3 is 20.7 Å². The van der Waals surface area contributed by atoms with E-state index in [4.69, 9.17) is 9.73 Å². The van der Waals surface area contributed by atoms with Crippen LogP contribution in [0.1, 0.15) is 79.6 Å². The summed E-state index contributed by atoms with van der Waals surface area (Å²) in [6.45, 7) is 14.1. The Labute approximate surface area is 177 Å². The SMILES string of the molecule is CCNC(=NCC1CCCCN1CC)NC1CCC(NC(=O)OC(C)(C)C)CC1. The van der Waals surface area contributed by atoms with E-state index in [-0.39, 0.29) is 12.1 Å². The van der Waals surface area contributed by atoms with Gasteiger partial charge in [0.2, 0.25) is 0 Å². The van der Waals surface area contributed by atoms with E-state index in [1.165, 1.54) is 25.8 Å². The molecule has 1 aliphatic carbocycles. The van der Waals surface area contributed by atoms with Gasteiger partial charge in [0.15, 0.2) is 5.96 Å². The third-order valence-electron chi connectivity index (χ3n) is 5.75. The molecular weight excluding hydrogens is 366 g/mol. The van der Waals surface area contributed by atoms with Crippen molar-refractivity contribution < 1.29 is 9.53 Å². The lowest BCUT2D eigenvalue weighted by molar-refractivity contribution is 0.0490. The van der Waals surface area contributed by atoms with Crippen LogP contribution in [0.3, 0.4) is 0 Å². The summed E-state index contributed by atoms with van der Waals surface area (Å²) in [5.74, 6) is 0.928. The monoisotopic (exact) mass is 409 g/mol. The van der Waals surface area contributed by atoms with E-state index in [1.807, 2.05) is 20.8 Å². The van der Waals surface area contributed by atoms with Crippen molar-refractivity contribution >= 4 is 12.1 Å². The summed E-state index contributed by atoms with van der Waals surface area (Å²) in [6.07, 6.45) is 7.54. The first kappa shape index (κ1) is 23.8. The lowest BCUT2D eigenvalue weighted by Crippen LogP contribution is -2.48. The minimum atomic E-state index is -0.453. The number of hydrogen-bond acceptors (Lipinski definition) is 4.